The molecule has 2 amide bonds. The van der Waals surface area contributed by atoms with Crippen LogP contribution in [0.4, 0.5) is 11.4 Å². The van der Waals surface area contributed by atoms with E-state index in [4.69, 9.17) is 0 Å². The summed E-state index contributed by atoms with van der Waals surface area (Å²) in [5.41, 5.74) is 2.21. The van der Waals surface area contributed by atoms with Gasteiger partial charge in [0.1, 0.15) is 11.6 Å². The molecule has 0 spiro atoms. The minimum Gasteiger partial charge on any atom is -0.326 e. The number of amides is 2. The molecule has 9 nitrogen and oxygen atoms in total. The molecule has 0 aliphatic rings. The molecule has 11 heteroatoms. The van der Waals surface area contributed by atoms with Crippen LogP contribution in [0.15, 0.2) is 58.6 Å². The molecule has 0 radical (unpaired) electrons. The summed E-state index contributed by atoms with van der Waals surface area (Å²) in [6.07, 6.45) is 0. The molecular formula is C22H25N5O4S2. The van der Waals surface area contributed by atoms with Gasteiger partial charge in [-0.1, -0.05) is 29.5 Å². The van der Waals surface area contributed by atoms with Gasteiger partial charge in [0.2, 0.25) is 11.8 Å². The maximum atomic E-state index is 12.8. The number of rotatable bonds is 9. The number of hydrogen-bond acceptors (Lipinski definition) is 7. The summed E-state index contributed by atoms with van der Waals surface area (Å²) < 4.78 is 27.2. The van der Waals surface area contributed by atoms with E-state index in [0.717, 1.165) is 5.56 Å². The smallest absolute Gasteiger partial charge is 0.234 e. The summed E-state index contributed by atoms with van der Waals surface area (Å²) in [5.74, 6) is -0.281. The van der Waals surface area contributed by atoms with E-state index >= 15 is 0 Å². The van der Waals surface area contributed by atoms with E-state index in [2.05, 4.69) is 20.8 Å². The quantitative estimate of drug-likeness (QED) is 0.444. The Kier molecular flexibility index (Phi) is 7.88. The van der Waals surface area contributed by atoms with Gasteiger partial charge in [-0.2, -0.15) is 0 Å². The van der Waals surface area contributed by atoms with Gasteiger partial charge in [0, 0.05) is 24.8 Å². The van der Waals surface area contributed by atoms with Crippen LogP contribution in [0.2, 0.25) is 0 Å². The SMILES string of the molecule is CCn1c(CS(=O)(=O)c2ccc(C)cc2)nnc1SCC(=O)Nc1ccc(NC(C)=O)cc1. The van der Waals surface area contributed by atoms with Gasteiger partial charge in [0.05, 0.1) is 10.6 Å². The molecule has 33 heavy (non-hydrogen) atoms. The molecule has 174 valence electrons. The number of anilines is 2. The third-order valence-electron chi connectivity index (χ3n) is 4.63. The molecule has 0 bridgehead atoms. The van der Waals surface area contributed by atoms with Gasteiger partial charge in [-0.15, -0.1) is 10.2 Å². The number of aromatic nitrogens is 3. The van der Waals surface area contributed by atoms with Crippen molar-refractivity contribution in [1.29, 1.82) is 0 Å². The third-order valence-corrected chi connectivity index (χ3v) is 7.23. The van der Waals surface area contributed by atoms with Crippen LogP contribution >= 0.6 is 11.8 Å². The Morgan fingerprint density at radius 1 is 0.970 bits per heavy atom. The molecule has 2 aromatic carbocycles. The lowest BCUT2D eigenvalue weighted by Crippen LogP contribution is -2.15. The molecule has 0 atom stereocenters. The topological polar surface area (TPSA) is 123 Å². The average Bonchev–Trinajstić information content (AvgIpc) is 3.14. The van der Waals surface area contributed by atoms with Gasteiger partial charge in [-0.05, 0) is 50.2 Å². The normalized spacial score (nSPS) is 11.2. The zero-order valence-corrected chi connectivity index (χ0v) is 20.2. The minimum atomic E-state index is -3.57. The first kappa shape index (κ1) is 24.5. The van der Waals surface area contributed by atoms with Crippen molar-refractivity contribution in [3.05, 3.63) is 59.9 Å². The number of nitrogens with one attached hydrogen (secondary N) is 2. The highest BCUT2D eigenvalue weighted by Gasteiger charge is 2.21. The van der Waals surface area contributed by atoms with Crippen LogP contribution in [0.25, 0.3) is 0 Å². The van der Waals surface area contributed by atoms with Crippen molar-refractivity contribution in [2.24, 2.45) is 0 Å². The number of aryl methyl sites for hydroxylation is 1. The fraction of sp³-hybridized carbons (Fsp3) is 0.273. The predicted molar refractivity (Wildman–Crippen MR) is 128 cm³/mol. The van der Waals surface area contributed by atoms with Crippen LogP contribution in [0.1, 0.15) is 25.2 Å². The lowest BCUT2D eigenvalue weighted by Gasteiger charge is -2.09. The Labute approximate surface area is 196 Å². The van der Waals surface area contributed by atoms with Crippen LogP contribution in [-0.4, -0.2) is 40.7 Å². The van der Waals surface area contributed by atoms with Crippen molar-refractivity contribution >= 4 is 44.8 Å². The van der Waals surface area contributed by atoms with Crippen molar-refractivity contribution in [2.75, 3.05) is 16.4 Å². The predicted octanol–water partition coefficient (Wildman–Crippen LogP) is 3.27. The summed E-state index contributed by atoms with van der Waals surface area (Å²) in [7, 11) is -3.57. The van der Waals surface area contributed by atoms with E-state index in [9.17, 15) is 18.0 Å². The number of benzene rings is 2. The Balaban J connectivity index is 1.62. The third kappa shape index (κ3) is 6.65. The van der Waals surface area contributed by atoms with E-state index in [-0.39, 0.29) is 28.2 Å². The molecule has 0 unspecified atom stereocenters. The minimum absolute atomic E-state index is 0.0797. The molecular weight excluding hydrogens is 462 g/mol. The maximum Gasteiger partial charge on any atom is 0.234 e. The first-order valence-corrected chi connectivity index (χ1v) is 12.8. The molecule has 1 heterocycles. The zero-order chi connectivity index (χ0) is 24.0. The number of hydrogen-bond donors (Lipinski definition) is 2. The van der Waals surface area contributed by atoms with Crippen molar-refractivity contribution in [3.63, 3.8) is 0 Å². The molecule has 3 rings (SSSR count). The number of carbonyl (C=O) groups is 2. The first-order valence-electron chi connectivity index (χ1n) is 10.2. The lowest BCUT2D eigenvalue weighted by molar-refractivity contribution is -0.114. The summed E-state index contributed by atoms with van der Waals surface area (Å²) in [4.78, 5) is 23.7. The second-order valence-corrected chi connectivity index (χ2v) is 10.2. The van der Waals surface area contributed by atoms with Gasteiger partial charge in [-0.25, -0.2) is 8.42 Å². The Morgan fingerprint density at radius 2 is 1.58 bits per heavy atom. The standard InChI is InChI=1S/C22H25N5O4S2/c1-4-27-20(14-33(30,31)19-11-5-15(2)6-12-19)25-26-22(27)32-13-21(29)24-18-9-7-17(8-10-18)23-16(3)28/h5-12H,4,13-14H2,1-3H3,(H,23,28)(H,24,29). The van der Waals surface area contributed by atoms with Crippen LogP contribution in [0.3, 0.4) is 0 Å². The highest BCUT2D eigenvalue weighted by atomic mass is 32.2. The number of sulfone groups is 1. The summed E-state index contributed by atoms with van der Waals surface area (Å²) >= 11 is 1.18. The Bertz CT molecular complexity index is 1240. The van der Waals surface area contributed by atoms with Gasteiger partial charge in [-0.3, -0.25) is 9.59 Å². The molecule has 2 N–H and O–H groups in total. The highest BCUT2D eigenvalue weighted by molar-refractivity contribution is 7.99. The second-order valence-electron chi connectivity index (χ2n) is 7.31. The number of thioether (sulfide) groups is 1. The van der Waals surface area contributed by atoms with Crippen molar-refractivity contribution in [2.45, 2.75) is 43.1 Å². The van der Waals surface area contributed by atoms with Gasteiger partial charge in [0.25, 0.3) is 0 Å². The molecule has 0 saturated heterocycles. The molecule has 0 aliphatic heterocycles. The lowest BCUT2D eigenvalue weighted by atomic mass is 10.2. The molecule has 0 saturated carbocycles. The summed E-state index contributed by atoms with van der Waals surface area (Å²) in [6.45, 7) is 5.66. The Morgan fingerprint density at radius 3 is 2.15 bits per heavy atom. The van der Waals surface area contributed by atoms with Crippen LogP contribution in [0, 0.1) is 6.92 Å². The molecule has 0 aliphatic carbocycles. The van der Waals surface area contributed by atoms with Crippen LogP contribution in [-0.2, 0) is 31.7 Å². The van der Waals surface area contributed by atoms with E-state index in [0.29, 0.717) is 28.9 Å². The number of carbonyl (C=O) groups excluding carboxylic acids is 2. The maximum absolute atomic E-state index is 12.8. The number of nitrogens with zero attached hydrogens (tertiary/aromatic N) is 3. The second kappa shape index (κ2) is 10.6. The largest absolute Gasteiger partial charge is 0.326 e. The highest BCUT2D eigenvalue weighted by Crippen LogP contribution is 2.22. The molecule has 3 aromatic rings. The van der Waals surface area contributed by atoms with E-state index in [1.807, 2.05) is 13.8 Å². The monoisotopic (exact) mass is 487 g/mol. The fourth-order valence-corrected chi connectivity index (χ4v) is 5.11. The first-order chi connectivity index (χ1) is 15.7. The van der Waals surface area contributed by atoms with Crippen molar-refractivity contribution in [1.82, 2.24) is 14.8 Å². The van der Waals surface area contributed by atoms with Crippen LogP contribution in [0.5, 0.6) is 0 Å². The fourth-order valence-electron chi connectivity index (χ4n) is 3.02. The zero-order valence-electron chi connectivity index (χ0n) is 18.5. The van der Waals surface area contributed by atoms with Gasteiger partial charge >= 0.3 is 0 Å². The summed E-state index contributed by atoms with van der Waals surface area (Å²) in [5, 5.41) is 14.1. The van der Waals surface area contributed by atoms with E-state index < -0.39 is 9.84 Å². The van der Waals surface area contributed by atoms with E-state index in [1.165, 1.54) is 18.7 Å². The van der Waals surface area contributed by atoms with Crippen molar-refractivity contribution < 1.29 is 18.0 Å². The average molecular weight is 488 g/mol. The van der Waals surface area contributed by atoms with Gasteiger partial charge in [0.15, 0.2) is 15.0 Å². The van der Waals surface area contributed by atoms with Crippen molar-refractivity contribution in [3.8, 4) is 0 Å². The van der Waals surface area contributed by atoms with Crippen LogP contribution < -0.4 is 10.6 Å². The summed E-state index contributed by atoms with van der Waals surface area (Å²) in [6, 6.07) is 13.4. The molecule has 1 aromatic heterocycles. The van der Waals surface area contributed by atoms with E-state index in [1.54, 1.807) is 53.1 Å². The molecule has 0 fully saturated rings. The Hall–Kier alpha value is -3.18. The van der Waals surface area contributed by atoms with Gasteiger partial charge < -0.3 is 15.2 Å².